The van der Waals surface area contributed by atoms with E-state index in [0.29, 0.717) is 11.4 Å². The van der Waals surface area contributed by atoms with Gasteiger partial charge >= 0.3 is 6.18 Å². The van der Waals surface area contributed by atoms with Gasteiger partial charge in [-0.3, -0.25) is 0 Å². The Morgan fingerprint density at radius 1 is 0.378 bits per heavy atom. The lowest BCUT2D eigenvalue weighted by molar-refractivity contribution is -0.137. The average molecular weight is 1080 g/mol. The van der Waals surface area contributed by atoms with Crippen molar-refractivity contribution in [1.82, 2.24) is 9.13 Å². The van der Waals surface area contributed by atoms with Crippen LogP contribution in [0.2, 0.25) is 0 Å². The molecule has 0 aliphatic heterocycles. The normalized spacial score (nSPS) is 11.8. The SMILES string of the molecule is [C-]#[N+]c1cccc(C(F)(F)F)c1-c1c(-n2c3cc(-c4c(C)cc(C)cc4C)ccc3c3ccc(-c4c(C)cc(C)cc4C)cc32)cc(C#N)cc1-n1c2cc(-c3c(C)cc(C)cc3C)ccc2c2ccc(-c3c(C)cc(C)cc3C)cc21. The van der Waals surface area contributed by atoms with Gasteiger partial charge in [-0.25, -0.2) is 4.85 Å². The van der Waals surface area contributed by atoms with Gasteiger partial charge in [-0.1, -0.05) is 138 Å². The number of aromatic nitrogens is 2. The fourth-order valence-corrected chi connectivity index (χ4v) is 14.1. The first-order valence-corrected chi connectivity index (χ1v) is 27.8. The number of rotatable bonds is 7. The van der Waals surface area contributed by atoms with Crippen LogP contribution in [0.4, 0.5) is 18.9 Å². The Hall–Kier alpha value is -9.43. The molecule has 0 saturated heterocycles. The molecule has 4 nitrogen and oxygen atoms in total. The lowest BCUT2D eigenvalue weighted by atomic mass is 9.91. The maximum absolute atomic E-state index is 16.4. The minimum absolute atomic E-state index is 0.165. The molecule has 0 saturated carbocycles. The summed E-state index contributed by atoms with van der Waals surface area (Å²) >= 11 is 0. The van der Waals surface area contributed by atoms with Crippen LogP contribution in [-0.4, -0.2) is 9.13 Å². The van der Waals surface area contributed by atoms with E-state index < -0.39 is 11.7 Å². The molecular weight excluding hydrogens is 1010 g/mol. The van der Waals surface area contributed by atoms with Crippen molar-refractivity contribution in [2.24, 2.45) is 0 Å². The van der Waals surface area contributed by atoms with Crippen molar-refractivity contribution in [3.05, 3.63) is 241 Å². The van der Waals surface area contributed by atoms with Crippen molar-refractivity contribution in [1.29, 1.82) is 5.26 Å². The molecule has 2 heterocycles. The number of alkyl halides is 3. The molecule has 402 valence electrons. The van der Waals surface area contributed by atoms with Crippen molar-refractivity contribution < 1.29 is 13.2 Å². The molecule has 0 N–H and O–H groups in total. The van der Waals surface area contributed by atoms with Gasteiger partial charge in [-0.2, -0.15) is 18.4 Å². The van der Waals surface area contributed by atoms with Crippen molar-refractivity contribution in [3.8, 4) is 73.1 Å². The molecule has 12 aromatic rings. The summed E-state index contributed by atoms with van der Waals surface area (Å²) in [6.07, 6.45) is -4.90. The van der Waals surface area contributed by atoms with E-state index in [0.717, 1.165) is 161 Å². The number of hydrogen-bond acceptors (Lipinski definition) is 1. The molecule has 0 aliphatic rings. The molecule has 0 fully saturated rings. The molecule has 0 atom stereocenters. The van der Waals surface area contributed by atoms with Crippen molar-refractivity contribution in [2.45, 2.75) is 89.3 Å². The van der Waals surface area contributed by atoms with Crippen LogP contribution in [0.5, 0.6) is 0 Å². The van der Waals surface area contributed by atoms with Gasteiger partial charge in [-0.05, 0) is 208 Å². The first-order valence-electron chi connectivity index (χ1n) is 27.8. The number of aryl methyl sites for hydroxylation is 12. The summed E-state index contributed by atoms with van der Waals surface area (Å²) in [5.41, 5.74) is 24.0. The van der Waals surface area contributed by atoms with E-state index in [2.05, 4.69) is 224 Å². The molecule has 10 aromatic carbocycles. The van der Waals surface area contributed by atoms with Crippen LogP contribution in [0.3, 0.4) is 0 Å². The molecule has 7 heteroatoms. The van der Waals surface area contributed by atoms with Crippen molar-refractivity contribution in [3.63, 3.8) is 0 Å². The van der Waals surface area contributed by atoms with E-state index in [4.69, 9.17) is 6.57 Å². The first kappa shape index (κ1) is 53.2. The molecule has 0 bridgehead atoms. The fourth-order valence-electron chi connectivity index (χ4n) is 14.1. The Labute approximate surface area is 477 Å². The molecule has 0 radical (unpaired) electrons. The van der Waals surface area contributed by atoms with E-state index in [9.17, 15) is 5.26 Å². The van der Waals surface area contributed by atoms with Gasteiger partial charge in [0.15, 0.2) is 5.69 Å². The second-order valence-corrected chi connectivity index (χ2v) is 23.0. The number of nitriles is 1. The van der Waals surface area contributed by atoms with Crippen molar-refractivity contribution >= 4 is 49.3 Å². The Kier molecular flexibility index (Phi) is 12.8. The topological polar surface area (TPSA) is 38.0 Å². The number of nitrogens with zero attached hydrogens (tertiary/aromatic N) is 4. The highest BCUT2D eigenvalue weighted by atomic mass is 19.4. The summed E-state index contributed by atoms with van der Waals surface area (Å²) in [6, 6.07) is 52.8. The van der Waals surface area contributed by atoms with E-state index in [1.54, 1.807) is 12.1 Å². The van der Waals surface area contributed by atoms with Crippen LogP contribution in [0.25, 0.3) is 115 Å². The van der Waals surface area contributed by atoms with E-state index >= 15 is 13.2 Å². The third kappa shape index (κ3) is 8.66. The lowest BCUT2D eigenvalue weighted by Crippen LogP contribution is -2.11. The molecule has 2 aromatic heterocycles. The van der Waals surface area contributed by atoms with E-state index in [-0.39, 0.29) is 22.4 Å². The molecule has 12 rings (SSSR count). The second-order valence-electron chi connectivity index (χ2n) is 23.0. The van der Waals surface area contributed by atoms with Crippen LogP contribution in [-0.2, 0) is 6.18 Å². The Balaban J connectivity index is 1.32. The summed E-state index contributed by atoms with van der Waals surface area (Å²) < 4.78 is 53.2. The van der Waals surface area contributed by atoms with Crippen LogP contribution in [0.15, 0.2) is 152 Å². The van der Waals surface area contributed by atoms with E-state index in [1.165, 1.54) is 12.1 Å². The highest BCUT2D eigenvalue weighted by molar-refractivity contribution is 6.15. The summed E-state index contributed by atoms with van der Waals surface area (Å²) in [5.74, 6) is 0. The zero-order valence-corrected chi connectivity index (χ0v) is 48.4. The number of fused-ring (bicyclic) bond motifs is 6. The summed E-state index contributed by atoms with van der Waals surface area (Å²) in [6.45, 7) is 34.0. The largest absolute Gasteiger partial charge is 0.415 e. The maximum Gasteiger partial charge on any atom is 0.415 e. The first-order chi connectivity index (χ1) is 39.1. The number of benzene rings is 10. The molecule has 0 spiro atoms. The van der Waals surface area contributed by atoms with Crippen LogP contribution in [0, 0.1) is 101 Å². The predicted molar refractivity (Wildman–Crippen MR) is 335 cm³/mol. The monoisotopic (exact) mass is 1070 g/mol. The van der Waals surface area contributed by atoms with Crippen LogP contribution >= 0.6 is 0 Å². The number of hydrogen-bond donors (Lipinski definition) is 0. The molecule has 0 unspecified atom stereocenters. The highest BCUT2D eigenvalue weighted by Crippen LogP contribution is 2.51. The summed E-state index contributed by atoms with van der Waals surface area (Å²) in [7, 11) is 0. The Bertz CT molecular complexity index is 4250. The van der Waals surface area contributed by atoms with Crippen LogP contribution in [0.1, 0.15) is 77.9 Å². The Morgan fingerprint density at radius 3 is 0.927 bits per heavy atom. The standard InChI is InChI=1S/C75H61F3N4/c1-40-25-44(5)69(45(6)26-40)53-17-21-57-58-22-18-54(70-46(7)27-41(2)28-47(70)8)36-64(58)81(63(57)35-53)67-33-52(39-79)34-68(74(67)73-61(75(76,77)78)15-14-16-62(73)80-13)82-65-37-55(71-48(9)29-42(3)30-49(71)10)19-23-59(65)60-24-20-56(38-66(60)82)72-50(11)31-43(4)32-51(72)12/h14-38H,1-12H3. The van der Waals surface area contributed by atoms with Gasteiger partial charge in [0.2, 0.25) is 0 Å². The molecule has 82 heavy (non-hydrogen) atoms. The average Bonchev–Trinajstić information content (AvgIpc) is 2.66. The van der Waals surface area contributed by atoms with Crippen LogP contribution < -0.4 is 0 Å². The zero-order chi connectivity index (χ0) is 58.0. The number of halogens is 3. The smallest absolute Gasteiger partial charge is 0.309 e. The van der Waals surface area contributed by atoms with Gasteiger partial charge in [0.05, 0.1) is 57.2 Å². The minimum atomic E-state index is -4.90. The van der Waals surface area contributed by atoms with Gasteiger partial charge in [0.1, 0.15) is 0 Å². The van der Waals surface area contributed by atoms with Gasteiger partial charge in [-0.15, -0.1) is 0 Å². The summed E-state index contributed by atoms with van der Waals surface area (Å²) in [5, 5.41) is 15.0. The third-order valence-electron chi connectivity index (χ3n) is 16.8. The minimum Gasteiger partial charge on any atom is -0.309 e. The third-order valence-corrected chi connectivity index (χ3v) is 16.8. The molecule has 0 aliphatic carbocycles. The molecule has 0 amide bonds. The quantitative estimate of drug-likeness (QED) is 0.147. The molecular formula is C75H61F3N4. The zero-order valence-electron chi connectivity index (χ0n) is 48.4. The van der Waals surface area contributed by atoms with E-state index in [1.807, 2.05) is 0 Å². The van der Waals surface area contributed by atoms with Gasteiger partial charge in [0, 0.05) is 32.7 Å². The van der Waals surface area contributed by atoms with Gasteiger partial charge in [0.25, 0.3) is 0 Å². The predicted octanol–water partition coefficient (Wildman–Crippen LogP) is 21.4. The maximum atomic E-state index is 16.4. The lowest BCUT2D eigenvalue weighted by Gasteiger charge is -2.24. The fraction of sp³-hybridized carbons (Fsp3) is 0.173. The Morgan fingerprint density at radius 2 is 0.671 bits per heavy atom. The highest BCUT2D eigenvalue weighted by Gasteiger charge is 2.37. The second kappa shape index (κ2) is 19.7. The van der Waals surface area contributed by atoms with Crippen molar-refractivity contribution in [2.75, 3.05) is 0 Å². The summed E-state index contributed by atoms with van der Waals surface area (Å²) in [4.78, 5) is 3.95. The van der Waals surface area contributed by atoms with Gasteiger partial charge < -0.3 is 9.13 Å².